The summed E-state index contributed by atoms with van der Waals surface area (Å²) >= 11 is 0. The lowest BCUT2D eigenvalue weighted by molar-refractivity contribution is 0.120. The number of ether oxygens (including phenoxy) is 1. The van der Waals surface area contributed by atoms with Gasteiger partial charge in [0.15, 0.2) is 0 Å². The Labute approximate surface area is 150 Å². The number of hydrogen-bond acceptors (Lipinski definition) is 4. The molecule has 4 nitrogen and oxygen atoms in total. The average molecular weight is 340 g/mol. The fourth-order valence-corrected chi connectivity index (χ4v) is 3.46. The van der Waals surface area contributed by atoms with E-state index in [-0.39, 0.29) is 0 Å². The lowest BCUT2D eigenvalue weighted by atomic mass is 10.1. The summed E-state index contributed by atoms with van der Waals surface area (Å²) in [6.07, 6.45) is 0. The van der Waals surface area contributed by atoms with Gasteiger partial charge in [0.2, 0.25) is 0 Å². The molecule has 0 atom stereocenters. The summed E-state index contributed by atoms with van der Waals surface area (Å²) in [5.41, 5.74) is 4.74. The highest BCUT2D eigenvalue weighted by Crippen LogP contribution is 2.23. The molecule has 0 bridgehead atoms. The standard InChI is InChI=1S/C21H28N2O2/c1-16-4-6-20(24)18(12-16)14-22-8-10-23(11-9-22)15-19-13-17(2)5-7-21(19)25-3/h4-7,12-13,24H,8-11,14-15H2,1-3H3. The topological polar surface area (TPSA) is 35.9 Å². The zero-order valence-electron chi connectivity index (χ0n) is 15.5. The third-order valence-corrected chi connectivity index (χ3v) is 4.92. The Morgan fingerprint density at radius 1 is 0.840 bits per heavy atom. The molecule has 134 valence electrons. The van der Waals surface area contributed by atoms with Crippen LogP contribution in [0.3, 0.4) is 0 Å². The van der Waals surface area contributed by atoms with E-state index in [4.69, 9.17) is 4.74 Å². The second-order valence-electron chi connectivity index (χ2n) is 7.00. The molecule has 0 saturated carbocycles. The molecule has 0 radical (unpaired) electrons. The maximum absolute atomic E-state index is 10.0. The monoisotopic (exact) mass is 340 g/mol. The fourth-order valence-electron chi connectivity index (χ4n) is 3.46. The summed E-state index contributed by atoms with van der Waals surface area (Å²) in [6, 6.07) is 12.2. The van der Waals surface area contributed by atoms with Crippen LogP contribution in [0, 0.1) is 13.8 Å². The molecule has 1 N–H and O–H groups in total. The minimum absolute atomic E-state index is 0.400. The van der Waals surface area contributed by atoms with Gasteiger partial charge in [0.1, 0.15) is 11.5 Å². The molecule has 1 saturated heterocycles. The lowest BCUT2D eigenvalue weighted by Gasteiger charge is -2.35. The van der Waals surface area contributed by atoms with Crippen LogP contribution in [0.2, 0.25) is 0 Å². The molecule has 1 aliphatic rings. The zero-order chi connectivity index (χ0) is 17.8. The van der Waals surface area contributed by atoms with Gasteiger partial charge in [-0.1, -0.05) is 35.4 Å². The molecular weight excluding hydrogens is 312 g/mol. The lowest BCUT2D eigenvalue weighted by Crippen LogP contribution is -2.45. The van der Waals surface area contributed by atoms with Crippen molar-refractivity contribution in [3.05, 3.63) is 58.7 Å². The summed E-state index contributed by atoms with van der Waals surface area (Å²) < 4.78 is 5.50. The largest absolute Gasteiger partial charge is 0.508 e. The summed E-state index contributed by atoms with van der Waals surface area (Å²) in [6.45, 7) is 10.0. The molecule has 0 amide bonds. The van der Waals surface area contributed by atoms with Crippen molar-refractivity contribution in [2.24, 2.45) is 0 Å². The van der Waals surface area contributed by atoms with E-state index in [2.05, 4.69) is 47.9 Å². The van der Waals surface area contributed by atoms with Crippen LogP contribution in [0.25, 0.3) is 0 Å². The number of piperazine rings is 1. The Balaban J connectivity index is 1.57. The third kappa shape index (κ3) is 4.53. The van der Waals surface area contributed by atoms with E-state index in [0.29, 0.717) is 5.75 Å². The molecule has 0 aliphatic carbocycles. The van der Waals surface area contributed by atoms with Crippen molar-refractivity contribution < 1.29 is 9.84 Å². The van der Waals surface area contributed by atoms with Gasteiger partial charge in [0, 0.05) is 50.4 Å². The van der Waals surface area contributed by atoms with Crippen molar-refractivity contribution >= 4 is 0 Å². The summed E-state index contributed by atoms with van der Waals surface area (Å²) in [5, 5.41) is 10.0. The molecule has 1 heterocycles. The van der Waals surface area contributed by atoms with Crippen LogP contribution in [-0.2, 0) is 13.1 Å². The van der Waals surface area contributed by atoms with Gasteiger partial charge in [-0.3, -0.25) is 9.80 Å². The smallest absolute Gasteiger partial charge is 0.123 e. The van der Waals surface area contributed by atoms with Crippen LogP contribution < -0.4 is 4.74 Å². The fraction of sp³-hybridized carbons (Fsp3) is 0.429. The van der Waals surface area contributed by atoms with Crippen LogP contribution >= 0.6 is 0 Å². The van der Waals surface area contributed by atoms with Gasteiger partial charge in [-0.05, 0) is 26.0 Å². The molecule has 4 heteroatoms. The molecular formula is C21H28N2O2. The predicted molar refractivity (Wildman–Crippen MR) is 101 cm³/mol. The Kier molecular flexibility index (Phi) is 5.61. The molecule has 0 spiro atoms. The number of methoxy groups -OCH3 is 1. The number of hydrogen-bond donors (Lipinski definition) is 1. The summed E-state index contributed by atoms with van der Waals surface area (Å²) in [5.74, 6) is 1.37. The molecule has 1 aliphatic heterocycles. The van der Waals surface area contributed by atoms with E-state index in [0.717, 1.165) is 50.6 Å². The maximum Gasteiger partial charge on any atom is 0.123 e. The Bertz CT molecular complexity index is 722. The molecule has 1 fully saturated rings. The Hall–Kier alpha value is -2.04. The van der Waals surface area contributed by atoms with E-state index in [1.807, 2.05) is 6.07 Å². The van der Waals surface area contributed by atoms with Crippen LogP contribution in [0.1, 0.15) is 22.3 Å². The van der Waals surface area contributed by atoms with E-state index in [9.17, 15) is 5.11 Å². The predicted octanol–water partition coefficient (Wildman–Crippen LogP) is 3.34. The molecule has 0 unspecified atom stereocenters. The van der Waals surface area contributed by atoms with Gasteiger partial charge >= 0.3 is 0 Å². The van der Waals surface area contributed by atoms with Crippen molar-refractivity contribution in [2.75, 3.05) is 33.3 Å². The summed E-state index contributed by atoms with van der Waals surface area (Å²) in [4.78, 5) is 4.89. The highest BCUT2D eigenvalue weighted by molar-refractivity contribution is 5.37. The number of rotatable bonds is 5. The van der Waals surface area contributed by atoms with E-state index >= 15 is 0 Å². The number of aryl methyl sites for hydroxylation is 2. The summed E-state index contributed by atoms with van der Waals surface area (Å²) in [7, 11) is 1.74. The normalized spacial score (nSPS) is 16.1. The quantitative estimate of drug-likeness (QED) is 0.906. The number of aromatic hydroxyl groups is 1. The third-order valence-electron chi connectivity index (χ3n) is 4.92. The highest BCUT2D eigenvalue weighted by atomic mass is 16.5. The number of nitrogens with zero attached hydrogens (tertiary/aromatic N) is 2. The molecule has 0 aromatic heterocycles. The average Bonchev–Trinajstić information content (AvgIpc) is 2.60. The van der Waals surface area contributed by atoms with Gasteiger partial charge in [0.25, 0.3) is 0 Å². The Morgan fingerprint density at radius 3 is 1.96 bits per heavy atom. The second kappa shape index (κ2) is 7.89. The van der Waals surface area contributed by atoms with Crippen LogP contribution in [0.15, 0.2) is 36.4 Å². The SMILES string of the molecule is COc1ccc(C)cc1CN1CCN(Cc2cc(C)ccc2O)CC1. The van der Waals surface area contributed by atoms with Gasteiger partial charge in [0.05, 0.1) is 7.11 Å². The molecule has 2 aromatic rings. The van der Waals surface area contributed by atoms with Gasteiger partial charge < -0.3 is 9.84 Å². The van der Waals surface area contributed by atoms with E-state index in [1.165, 1.54) is 16.7 Å². The highest BCUT2D eigenvalue weighted by Gasteiger charge is 2.19. The van der Waals surface area contributed by atoms with Gasteiger partial charge in [-0.2, -0.15) is 0 Å². The minimum Gasteiger partial charge on any atom is -0.508 e. The first-order valence-corrected chi connectivity index (χ1v) is 8.92. The van der Waals surface area contributed by atoms with Crippen LogP contribution in [-0.4, -0.2) is 48.2 Å². The van der Waals surface area contributed by atoms with Gasteiger partial charge in [-0.15, -0.1) is 0 Å². The van der Waals surface area contributed by atoms with E-state index < -0.39 is 0 Å². The first-order valence-electron chi connectivity index (χ1n) is 8.92. The minimum atomic E-state index is 0.400. The van der Waals surface area contributed by atoms with Gasteiger partial charge in [-0.25, -0.2) is 0 Å². The Morgan fingerprint density at radius 2 is 1.36 bits per heavy atom. The van der Waals surface area contributed by atoms with Crippen molar-refractivity contribution in [1.82, 2.24) is 9.80 Å². The zero-order valence-corrected chi connectivity index (χ0v) is 15.5. The van der Waals surface area contributed by atoms with Crippen molar-refractivity contribution in [3.8, 4) is 11.5 Å². The number of phenolic OH excluding ortho intramolecular Hbond substituents is 1. The van der Waals surface area contributed by atoms with Crippen LogP contribution in [0.4, 0.5) is 0 Å². The first kappa shape index (κ1) is 17.8. The second-order valence-corrected chi connectivity index (χ2v) is 7.00. The van der Waals surface area contributed by atoms with E-state index in [1.54, 1.807) is 13.2 Å². The molecule has 25 heavy (non-hydrogen) atoms. The molecule has 2 aromatic carbocycles. The maximum atomic E-state index is 10.0. The van der Waals surface area contributed by atoms with Crippen molar-refractivity contribution in [3.63, 3.8) is 0 Å². The molecule has 3 rings (SSSR count). The number of phenols is 1. The number of benzene rings is 2. The first-order chi connectivity index (χ1) is 12.0. The van der Waals surface area contributed by atoms with Crippen LogP contribution in [0.5, 0.6) is 11.5 Å². The van der Waals surface area contributed by atoms with Crippen molar-refractivity contribution in [2.45, 2.75) is 26.9 Å². The van der Waals surface area contributed by atoms with Crippen molar-refractivity contribution in [1.29, 1.82) is 0 Å².